The number of benzene rings is 2. The quantitative estimate of drug-likeness (QED) is 0.206. The van der Waals surface area contributed by atoms with Crippen molar-refractivity contribution in [1.29, 1.82) is 0 Å². The molecule has 0 bridgehead atoms. The zero-order valence-corrected chi connectivity index (χ0v) is 18.3. The fraction of sp³-hybridized carbons (Fsp3) is 0.261. The maximum absolute atomic E-state index is 11.0. The molecule has 9 heteroatoms. The molecule has 4 aromatic rings. The molecule has 8 nitrogen and oxygen atoms in total. The van der Waals surface area contributed by atoms with Gasteiger partial charge < -0.3 is 4.90 Å². The zero-order chi connectivity index (χ0) is 22.1. The van der Waals surface area contributed by atoms with E-state index in [2.05, 4.69) is 44.2 Å². The highest BCUT2D eigenvalue weighted by molar-refractivity contribution is 7.80. The molecule has 0 aliphatic carbocycles. The van der Waals surface area contributed by atoms with Crippen molar-refractivity contribution < 1.29 is 4.92 Å². The van der Waals surface area contributed by atoms with Crippen LogP contribution in [-0.4, -0.2) is 37.5 Å². The van der Waals surface area contributed by atoms with Gasteiger partial charge in [-0.3, -0.25) is 14.7 Å². The molecular formula is C23H22N6O2S. The molecule has 1 fully saturated rings. The Morgan fingerprint density at radius 2 is 1.66 bits per heavy atom. The fourth-order valence-electron chi connectivity index (χ4n) is 4.16. The van der Waals surface area contributed by atoms with E-state index in [1.807, 2.05) is 18.2 Å². The number of thiol groups is 1. The molecule has 32 heavy (non-hydrogen) atoms. The van der Waals surface area contributed by atoms with E-state index in [0.717, 1.165) is 54.3 Å². The summed E-state index contributed by atoms with van der Waals surface area (Å²) in [5.74, 6) is 0.902. The first kappa shape index (κ1) is 20.4. The maximum Gasteiger partial charge on any atom is 0.269 e. The number of nitrogens with zero attached hydrogens (tertiary/aromatic N) is 6. The summed E-state index contributed by atoms with van der Waals surface area (Å²) in [4.78, 5) is 27.1. The SMILES string of the molecule is O=[N+]([O-])c1ccc(Cc2nc(S)nc3c2nc(N2CCCC2)n3Cc2ccccc2)cc1. The fourth-order valence-corrected chi connectivity index (χ4v) is 4.37. The van der Waals surface area contributed by atoms with Crippen LogP contribution in [0.15, 0.2) is 59.8 Å². The summed E-state index contributed by atoms with van der Waals surface area (Å²) in [7, 11) is 0. The Kier molecular flexibility index (Phi) is 5.48. The van der Waals surface area contributed by atoms with Crippen molar-refractivity contribution >= 4 is 35.4 Å². The van der Waals surface area contributed by atoms with Crippen LogP contribution < -0.4 is 4.90 Å². The zero-order valence-electron chi connectivity index (χ0n) is 17.4. The smallest absolute Gasteiger partial charge is 0.269 e. The van der Waals surface area contributed by atoms with Crippen molar-refractivity contribution in [3.63, 3.8) is 0 Å². The first-order chi connectivity index (χ1) is 15.6. The van der Waals surface area contributed by atoms with E-state index >= 15 is 0 Å². The number of hydrogen-bond acceptors (Lipinski definition) is 7. The van der Waals surface area contributed by atoms with Crippen LogP contribution in [-0.2, 0) is 13.0 Å². The average Bonchev–Trinajstić information content (AvgIpc) is 3.44. The van der Waals surface area contributed by atoms with Crippen LogP contribution in [0.1, 0.15) is 29.7 Å². The summed E-state index contributed by atoms with van der Waals surface area (Å²) in [6, 6.07) is 16.8. The van der Waals surface area contributed by atoms with Gasteiger partial charge in [0.2, 0.25) is 5.95 Å². The van der Waals surface area contributed by atoms with Crippen LogP contribution in [0.25, 0.3) is 11.2 Å². The molecule has 0 N–H and O–H groups in total. The lowest BCUT2D eigenvalue weighted by Gasteiger charge is -2.18. The molecule has 5 rings (SSSR count). The topological polar surface area (TPSA) is 90.0 Å². The predicted octanol–water partition coefficient (Wildman–Crippen LogP) is 4.26. The highest BCUT2D eigenvalue weighted by Crippen LogP contribution is 2.29. The van der Waals surface area contributed by atoms with Gasteiger partial charge in [-0.15, -0.1) is 12.6 Å². The van der Waals surface area contributed by atoms with Gasteiger partial charge >= 0.3 is 0 Å². The Labute approximate surface area is 190 Å². The minimum absolute atomic E-state index is 0.0694. The highest BCUT2D eigenvalue weighted by atomic mass is 32.1. The lowest BCUT2D eigenvalue weighted by Crippen LogP contribution is -2.22. The second-order valence-electron chi connectivity index (χ2n) is 7.92. The van der Waals surface area contributed by atoms with E-state index in [4.69, 9.17) is 4.98 Å². The molecule has 0 saturated carbocycles. The van der Waals surface area contributed by atoms with Gasteiger partial charge in [0.25, 0.3) is 5.69 Å². The summed E-state index contributed by atoms with van der Waals surface area (Å²) in [6.07, 6.45) is 2.79. The average molecular weight is 447 g/mol. The molecule has 1 aliphatic rings. The van der Waals surface area contributed by atoms with Crippen LogP contribution in [0.3, 0.4) is 0 Å². The molecule has 0 amide bonds. The monoisotopic (exact) mass is 446 g/mol. The van der Waals surface area contributed by atoms with Gasteiger partial charge in [-0.05, 0) is 24.0 Å². The van der Waals surface area contributed by atoms with Gasteiger partial charge in [0.15, 0.2) is 10.8 Å². The van der Waals surface area contributed by atoms with Gasteiger partial charge in [0.1, 0.15) is 5.52 Å². The lowest BCUT2D eigenvalue weighted by atomic mass is 10.1. The van der Waals surface area contributed by atoms with Gasteiger partial charge in [-0.1, -0.05) is 42.5 Å². The van der Waals surface area contributed by atoms with Gasteiger partial charge in [0, 0.05) is 31.6 Å². The second-order valence-corrected chi connectivity index (χ2v) is 8.32. The van der Waals surface area contributed by atoms with Gasteiger partial charge in [-0.2, -0.15) is 0 Å². The summed E-state index contributed by atoms with van der Waals surface area (Å²) in [6.45, 7) is 2.60. The second kappa shape index (κ2) is 8.58. The number of hydrogen-bond donors (Lipinski definition) is 1. The number of nitro groups is 1. The number of non-ortho nitro benzene ring substituents is 1. The number of aromatic nitrogens is 4. The first-order valence-corrected chi connectivity index (χ1v) is 11.0. The number of nitro benzene ring substituents is 1. The largest absolute Gasteiger partial charge is 0.342 e. The molecule has 1 aliphatic heterocycles. The van der Waals surface area contributed by atoms with Crippen LogP contribution >= 0.6 is 12.6 Å². The third-order valence-corrected chi connectivity index (χ3v) is 5.93. The Balaban J connectivity index is 1.59. The van der Waals surface area contributed by atoms with E-state index in [0.29, 0.717) is 18.1 Å². The molecule has 0 unspecified atom stereocenters. The van der Waals surface area contributed by atoms with E-state index in [9.17, 15) is 10.1 Å². The number of rotatable bonds is 6. The summed E-state index contributed by atoms with van der Waals surface area (Å²) >= 11 is 4.47. The van der Waals surface area contributed by atoms with Gasteiger partial charge in [-0.25, -0.2) is 15.0 Å². The molecule has 0 spiro atoms. The lowest BCUT2D eigenvalue weighted by molar-refractivity contribution is -0.384. The third kappa shape index (κ3) is 4.03. The summed E-state index contributed by atoms with van der Waals surface area (Å²) in [5.41, 5.74) is 4.43. The number of imidazole rings is 1. The summed E-state index contributed by atoms with van der Waals surface area (Å²) in [5, 5.41) is 11.3. The molecule has 1 saturated heterocycles. The van der Waals surface area contributed by atoms with Crippen molar-refractivity contribution in [2.24, 2.45) is 0 Å². The van der Waals surface area contributed by atoms with Crippen LogP contribution in [0.5, 0.6) is 0 Å². The Morgan fingerprint density at radius 3 is 2.34 bits per heavy atom. The highest BCUT2D eigenvalue weighted by Gasteiger charge is 2.23. The Morgan fingerprint density at radius 1 is 0.938 bits per heavy atom. The Hall–Kier alpha value is -3.46. The van der Waals surface area contributed by atoms with Crippen molar-refractivity contribution in [2.45, 2.75) is 31.0 Å². The standard InChI is InChI=1S/C23H22N6O2S/c30-29(31)18-10-8-16(9-11-18)14-19-20-21(26-22(32)24-19)28(15-17-6-2-1-3-7-17)23(25-20)27-12-4-5-13-27/h1-3,6-11H,4-5,12-15H2,(H,24,26,32). The summed E-state index contributed by atoms with van der Waals surface area (Å²) < 4.78 is 2.15. The Bertz CT molecular complexity index is 1270. The van der Waals surface area contributed by atoms with Crippen LogP contribution in [0.4, 0.5) is 11.6 Å². The normalized spacial score (nSPS) is 13.7. The third-order valence-electron chi connectivity index (χ3n) is 5.73. The molecule has 2 aromatic heterocycles. The van der Waals surface area contributed by atoms with Crippen molar-refractivity contribution in [3.05, 3.63) is 81.5 Å². The van der Waals surface area contributed by atoms with Crippen molar-refractivity contribution in [2.75, 3.05) is 18.0 Å². The molecule has 3 heterocycles. The molecule has 0 atom stereocenters. The number of fused-ring (bicyclic) bond motifs is 1. The first-order valence-electron chi connectivity index (χ1n) is 10.6. The number of anilines is 1. The minimum Gasteiger partial charge on any atom is -0.342 e. The maximum atomic E-state index is 11.0. The van der Waals surface area contributed by atoms with E-state index < -0.39 is 4.92 Å². The molecule has 0 radical (unpaired) electrons. The van der Waals surface area contributed by atoms with Gasteiger partial charge in [0.05, 0.1) is 17.2 Å². The van der Waals surface area contributed by atoms with E-state index in [1.54, 1.807) is 12.1 Å². The van der Waals surface area contributed by atoms with Crippen molar-refractivity contribution in [1.82, 2.24) is 19.5 Å². The molecular weight excluding hydrogens is 424 g/mol. The van der Waals surface area contributed by atoms with Crippen LogP contribution in [0.2, 0.25) is 0 Å². The van der Waals surface area contributed by atoms with E-state index in [1.165, 1.54) is 17.7 Å². The predicted molar refractivity (Wildman–Crippen MR) is 125 cm³/mol. The molecule has 2 aromatic carbocycles. The minimum atomic E-state index is -0.397. The van der Waals surface area contributed by atoms with E-state index in [-0.39, 0.29) is 5.69 Å². The van der Waals surface area contributed by atoms with Crippen LogP contribution in [0, 0.1) is 10.1 Å². The van der Waals surface area contributed by atoms with Crippen molar-refractivity contribution in [3.8, 4) is 0 Å². The molecule has 162 valence electrons.